The van der Waals surface area contributed by atoms with Crippen LogP contribution >= 0.6 is 0 Å². The zero-order valence-electron chi connectivity index (χ0n) is 8.51. The maximum Gasteiger partial charge on any atom is 0.397 e. The van der Waals surface area contributed by atoms with Gasteiger partial charge >= 0.3 is 10.4 Å². The van der Waals surface area contributed by atoms with Crippen molar-refractivity contribution >= 4 is 10.4 Å². The van der Waals surface area contributed by atoms with E-state index in [0.717, 1.165) is 6.42 Å². The molecule has 2 atom stereocenters. The molecule has 6 heteroatoms. The fraction of sp³-hybridized carbons (Fsp3) is 1.00. The van der Waals surface area contributed by atoms with E-state index in [2.05, 4.69) is 4.18 Å². The smallest absolute Gasteiger partial charge is 0.393 e. The summed E-state index contributed by atoms with van der Waals surface area (Å²) in [5.74, 6) is -0.253. The number of rotatable bonds is 7. The number of aliphatic hydroxyl groups excluding tert-OH is 1. The number of hydrogen-bond donors (Lipinski definition) is 2. The lowest BCUT2D eigenvalue weighted by Crippen LogP contribution is -2.25. The Morgan fingerprint density at radius 2 is 1.93 bits per heavy atom. The van der Waals surface area contributed by atoms with E-state index in [1.807, 2.05) is 13.8 Å². The van der Waals surface area contributed by atoms with Crippen molar-refractivity contribution in [3.05, 3.63) is 0 Å². The summed E-state index contributed by atoms with van der Waals surface area (Å²) in [5.41, 5.74) is 0. The quantitative estimate of drug-likeness (QED) is 0.632. The van der Waals surface area contributed by atoms with Gasteiger partial charge < -0.3 is 5.11 Å². The Hall–Kier alpha value is -0.170. The first kappa shape index (κ1) is 13.8. The summed E-state index contributed by atoms with van der Waals surface area (Å²) in [6.07, 6.45) is 1.46. The molecule has 0 saturated heterocycles. The third kappa shape index (κ3) is 6.31. The summed E-state index contributed by atoms with van der Waals surface area (Å²) < 4.78 is 33.1. The van der Waals surface area contributed by atoms with E-state index in [1.54, 1.807) is 0 Å². The number of aliphatic hydroxyl groups is 1. The molecule has 0 aromatic rings. The van der Waals surface area contributed by atoms with Gasteiger partial charge in [-0.2, -0.15) is 8.42 Å². The number of hydrogen-bond acceptors (Lipinski definition) is 4. The molecule has 0 bridgehead atoms. The molecule has 0 heterocycles. The molecule has 0 aliphatic rings. The van der Waals surface area contributed by atoms with Gasteiger partial charge in [-0.15, -0.1) is 0 Å². The third-order valence-corrected chi connectivity index (χ3v) is 2.52. The highest BCUT2D eigenvalue weighted by Gasteiger charge is 2.19. The molecule has 5 nitrogen and oxygen atoms in total. The topological polar surface area (TPSA) is 83.8 Å². The van der Waals surface area contributed by atoms with Crippen molar-refractivity contribution < 1.29 is 22.3 Å². The molecule has 2 unspecified atom stereocenters. The molecule has 0 radical (unpaired) electrons. The van der Waals surface area contributed by atoms with Crippen LogP contribution in [0.15, 0.2) is 0 Å². The predicted octanol–water partition coefficient (Wildman–Crippen LogP) is 0.993. The first-order valence-corrected chi connectivity index (χ1v) is 6.07. The fourth-order valence-corrected chi connectivity index (χ4v) is 1.55. The average molecular weight is 226 g/mol. The Labute approximate surface area is 85.0 Å². The molecule has 0 fully saturated rings. The van der Waals surface area contributed by atoms with Gasteiger partial charge in [0.15, 0.2) is 0 Å². The van der Waals surface area contributed by atoms with Crippen LogP contribution in [0, 0.1) is 5.92 Å². The van der Waals surface area contributed by atoms with Crippen LogP contribution in [0.5, 0.6) is 0 Å². The van der Waals surface area contributed by atoms with E-state index in [4.69, 9.17) is 4.55 Å². The molecule has 0 aliphatic heterocycles. The summed E-state index contributed by atoms with van der Waals surface area (Å²) in [4.78, 5) is 0. The normalized spacial score (nSPS) is 16.6. The van der Waals surface area contributed by atoms with Gasteiger partial charge in [-0.05, 0) is 12.8 Å². The lowest BCUT2D eigenvalue weighted by atomic mass is 9.97. The van der Waals surface area contributed by atoms with Gasteiger partial charge in [0.25, 0.3) is 0 Å². The van der Waals surface area contributed by atoms with Crippen molar-refractivity contribution in [1.29, 1.82) is 0 Å². The van der Waals surface area contributed by atoms with Crippen LogP contribution in [0.4, 0.5) is 0 Å². The summed E-state index contributed by atoms with van der Waals surface area (Å²) in [6, 6.07) is 0. The Morgan fingerprint density at radius 3 is 2.29 bits per heavy atom. The minimum Gasteiger partial charge on any atom is -0.393 e. The standard InChI is InChI=1S/C8H18O5S/c1-3-5-8(9)7(4-2)6-13-14(10,11)12/h7-9H,3-6H2,1-2H3,(H,10,11,12). The van der Waals surface area contributed by atoms with Gasteiger partial charge in [0.05, 0.1) is 12.7 Å². The Morgan fingerprint density at radius 1 is 1.36 bits per heavy atom. The van der Waals surface area contributed by atoms with Crippen LogP contribution in [-0.2, 0) is 14.6 Å². The molecule has 0 aromatic carbocycles. The monoisotopic (exact) mass is 226 g/mol. The minimum absolute atomic E-state index is 0.170. The van der Waals surface area contributed by atoms with Crippen LogP contribution in [0.2, 0.25) is 0 Å². The van der Waals surface area contributed by atoms with Gasteiger partial charge in [0, 0.05) is 5.92 Å². The molecular formula is C8H18O5S. The fourth-order valence-electron chi connectivity index (χ4n) is 1.21. The van der Waals surface area contributed by atoms with Crippen molar-refractivity contribution in [2.45, 2.75) is 39.2 Å². The van der Waals surface area contributed by atoms with E-state index >= 15 is 0 Å². The zero-order chi connectivity index (χ0) is 11.2. The van der Waals surface area contributed by atoms with E-state index in [0.29, 0.717) is 12.8 Å². The molecule has 0 aliphatic carbocycles. The van der Waals surface area contributed by atoms with Crippen LogP contribution in [0.1, 0.15) is 33.1 Å². The molecule has 0 saturated carbocycles. The third-order valence-electron chi connectivity index (χ3n) is 2.08. The van der Waals surface area contributed by atoms with Crippen molar-refractivity contribution in [3.63, 3.8) is 0 Å². The molecule has 0 rings (SSSR count). The molecule has 2 N–H and O–H groups in total. The lowest BCUT2D eigenvalue weighted by molar-refractivity contribution is 0.0638. The van der Waals surface area contributed by atoms with Crippen LogP contribution in [-0.4, -0.2) is 30.8 Å². The zero-order valence-corrected chi connectivity index (χ0v) is 9.33. The second kappa shape index (κ2) is 6.34. The van der Waals surface area contributed by atoms with E-state index in [-0.39, 0.29) is 12.5 Å². The SMILES string of the molecule is CCCC(O)C(CC)COS(=O)(=O)O. The lowest BCUT2D eigenvalue weighted by Gasteiger charge is -2.19. The Kier molecular flexibility index (Phi) is 6.26. The van der Waals surface area contributed by atoms with Crippen molar-refractivity contribution in [3.8, 4) is 0 Å². The molecule has 86 valence electrons. The van der Waals surface area contributed by atoms with Crippen LogP contribution in [0.3, 0.4) is 0 Å². The van der Waals surface area contributed by atoms with E-state index < -0.39 is 16.5 Å². The summed E-state index contributed by atoms with van der Waals surface area (Å²) >= 11 is 0. The van der Waals surface area contributed by atoms with Crippen molar-refractivity contribution in [2.75, 3.05) is 6.61 Å². The average Bonchev–Trinajstić information content (AvgIpc) is 2.03. The maximum atomic E-state index is 10.3. The van der Waals surface area contributed by atoms with Gasteiger partial charge in [-0.3, -0.25) is 4.55 Å². The minimum atomic E-state index is -4.39. The molecule has 14 heavy (non-hydrogen) atoms. The van der Waals surface area contributed by atoms with Crippen molar-refractivity contribution in [1.82, 2.24) is 0 Å². The second-order valence-electron chi connectivity index (χ2n) is 3.24. The maximum absolute atomic E-state index is 10.3. The predicted molar refractivity (Wildman–Crippen MR) is 52.2 cm³/mol. The van der Waals surface area contributed by atoms with Crippen LogP contribution in [0.25, 0.3) is 0 Å². The highest BCUT2D eigenvalue weighted by Crippen LogP contribution is 2.14. The Bertz CT molecular complexity index is 236. The summed E-state index contributed by atoms with van der Waals surface area (Å²) in [6.45, 7) is 3.59. The molecule has 0 amide bonds. The van der Waals surface area contributed by atoms with Gasteiger partial charge in [0.1, 0.15) is 0 Å². The highest BCUT2D eigenvalue weighted by molar-refractivity contribution is 7.80. The first-order valence-electron chi connectivity index (χ1n) is 4.70. The van der Waals surface area contributed by atoms with E-state index in [9.17, 15) is 13.5 Å². The Balaban J connectivity index is 4.02. The van der Waals surface area contributed by atoms with Crippen LogP contribution < -0.4 is 0 Å². The van der Waals surface area contributed by atoms with Gasteiger partial charge in [-0.25, -0.2) is 4.18 Å². The second-order valence-corrected chi connectivity index (χ2v) is 4.33. The molecule has 0 spiro atoms. The summed E-state index contributed by atoms with van der Waals surface area (Å²) in [7, 11) is -4.39. The van der Waals surface area contributed by atoms with Crippen molar-refractivity contribution in [2.24, 2.45) is 5.92 Å². The van der Waals surface area contributed by atoms with Gasteiger partial charge in [0.2, 0.25) is 0 Å². The van der Waals surface area contributed by atoms with E-state index in [1.165, 1.54) is 0 Å². The highest BCUT2D eigenvalue weighted by atomic mass is 32.3. The van der Waals surface area contributed by atoms with Gasteiger partial charge in [-0.1, -0.05) is 20.3 Å². The summed E-state index contributed by atoms with van der Waals surface area (Å²) in [5, 5.41) is 9.55. The molecule has 0 aromatic heterocycles. The first-order chi connectivity index (χ1) is 6.40. The largest absolute Gasteiger partial charge is 0.397 e. The molecular weight excluding hydrogens is 208 g/mol.